The Hall–Kier alpha value is -1.19. The van der Waals surface area contributed by atoms with Gasteiger partial charge in [-0.1, -0.05) is 12.1 Å². The zero-order valence-electron chi connectivity index (χ0n) is 8.53. The van der Waals surface area contributed by atoms with Crippen molar-refractivity contribution < 1.29 is 9.53 Å². The SMILES string of the molecule is CCOCC(=O)c1cccc2ccsc12. The van der Waals surface area contributed by atoms with E-state index in [2.05, 4.69) is 0 Å². The van der Waals surface area contributed by atoms with Gasteiger partial charge in [0.05, 0.1) is 0 Å². The second-order valence-electron chi connectivity index (χ2n) is 3.20. The van der Waals surface area contributed by atoms with Crippen molar-refractivity contribution in [3.8, 4) is 0 Å². The summed E-state index contributed by atoms with van der Waals surface area (Å²) in [6, 6.07) is 7.81. The summed E-state index contributed by atoms with van der Waals surface area (Å²) in [6.45, 7) is 2.64. The number of hydrogen-bond donors (Lipinski definition) is 0. The van der Waals surface area contributed by atoms with E-state index < -0.39 is 0 Å². The van der Waals surface area contributed by atoms with Gasteiger partial charge in [-0.05, 0) is 29.8 Å². The monoisotopic (exact) mass is 220 g/mol. The Labute approximate surface area is 92.5 Å². The van der Waals surface area contributed by atoms with Crippen LogP contribution >= 0.6 is 11.3 Å². The van der Waals surface area contributed by atoms with Gasteiger partial charge in [0.15, 0.2) is 5.78 Å². The number of carbonyl (C=O) groups excluding carboxylic acids is 1. The van der Waals surface area contributed by atoms with E-state index in [0.717, 1.165) is 15.6 Å². The second-order valence-corrected chi connectivity index (χ2v) is 4.12. The molecule has 15 heavy (non-hydrogen) atoms. The van der Waals surface area contributed by atoms with Gasteiger partial charge in [-0.3, -0.25) is 4.79 Å². The molecule has 3 heteroatoms. The molecule has 0 fully saturated rings. The second kappa shape index (κ2) is 4.55. The van der Waals surface area contributed by atoms with Crippen molar-refractivity contribution in [3.63, 3.8) is 0 Å². The Balaban J connectivity index is 2.34. The molecule has 2 aromatic rings. The first-order valence-electron chi connectivity index (χ1n) is 4.90. The molecule has 0 aliphatic carbocycles. The van der Waals surface area contributed by atoms with Gasteiger partial charge in [0.25, 0.3) is 0 Å². The molecule has 0 saturated carbocycles. The molecule has 0 N–H and O–H groups in total. The van der Waals surface area contributed by atoms with Crippen LogP contribution in [-0.2, 0) is 4.74 Å². The standard InChI is InChI=1S/C12H12O2S/c1-2-14-8-11(13)10-5-3-4-9-6-7-15-12(9)10/h3-7H,2,8H2,1H3. The summed E-state index contributed by atoms with van der Waals surface area (Å²) in [7, 11) is 0. The zero-order chi connectivity index (χ0) is 10.7. The van der Waals surface area contributed by atoms with Crippen LogP contribution in [0.1, 0.15) is 17.3 Å². The fourth-order valence-electron chi connectivity index (χ4n) is 1.49. The molecule has 1 aromatic carbocycles. The number of rotatable bonds is 4. The first-order chi connectivity index (χ1) is 7.33. The van der Waals surface area contributed by atoms with Gasteiger partial charge in [0, 0.05) is 16.9 Å². The maximum atomic E-state index is 11.8. The van der Waals surface area contributed by atoms with Crippen molar-refractivity contribution >= 4 is 27.2 Å². The maximum Gasteiger partial charge on any atom is 0.189 e. The Morgan fingerprint density at radius 2 is 2.27 bits per heavy atom. The van der Waals surface area contributed by atoms with E-state index in [1.54, 1.807) is 11.3 Å². The number of fused-ring (bicyclic) bond motifs is 1. The summed E-state index contributed by atoms with van der Waals surface area (Å²) in [5.41, 5.74) is 0.774. The lowest BCUT2D eigenvalue weighted by molar-refractivity contribution is 0.0785. The molecule has 1 heterocycles. The predicted octanol–water partition coefficient (Wildman–Crippen LogP) is 3.12. The molecular weight excluding hydrogens is 208 g/mol. The van der Waals surface area contributed by atoms with Crippen LogP contribution in [0.25, 0.3) is 10.1 Å². The number of ketones is 1. The van der Waals surface area contributed by atoms with E-state index in [0.29, 0.717) is 6.61 Å². The van der Waals surface area contributed by atoms with E-state index in [1.165, 1.54) is 0 Å². The maximum absolute atomic E-state index is 11.8. The van der Waals surface area contributed by atoms with Crippen molar-refractivity contribution in [1.82, 2.24) is 0 Å². The third-order valence-electron chi connectivity index (χ3n) is 2.22. The van der Waals surface area contributed by atoms with Crippen LogP contribution in [-0.4, -0.2) is 19.0 Å². The number of ether oxygens (including phenoxy) is 1. The quantitative estimate of drug-likeness (QED) is 0.740. The van der Waals surface area contributed by atoms with Crippen molar-refractivity contribution in [2.24, 2.45) is 0 Å². The summed E-state index contributed by atoms with van der Waals surface area (Å²) in [4.78, 5) is 11.8. The molecule has 0 aliphatic heterocycles. The molecule has 2 rings (SSSR count). The van der Waals surface area contributed by atoms with Crippen molar-refractivity contribution in [1.29, 1.82) is 0 Å². The summed E-state index contributed by atoms with van der Waals surface area (Å²) in [5.74, 6) is 0.0601. The van der Waals surface area contributed by atoms with E-state index in [-0.39, 0.29) is 12.4 Å². The molecule has 0 amide bonds. The lowest BCUT2D eigenvalue weighted by Gasteiger charge is -2.02. The van der Waals surface area contributed by atoms with Crippen LogP contribution in [0.15, 0.2) is 29.6 Å². The lowest BCUT2D eigenvalue weighted by atomic mass is 10.1. The molecule has 0 aliphatic rings. The van der Waals surface area contributed by atoms with Gasteiger partial charge in [0.2, 0.25) is 0 Å². The molecule has 78 valence electrons. The average Bonchev–Trinajstić information content (AvgIpc) is 2.73. The van der Waals surface area contributed by atoms with E-state index in [1.807, 2.05) is 36.6 Å². The topological polar surface area (TPSA) is 26.3 Å². The number of benzene rings is 1. The first-order valence-corrected chi connectivity index (χ1v) is 5.78. The molecule has 0 atom stereocenters. The highest BCUT2D eigenvalue weighted by Crippen LogP contribution is 2.24. The Morgan fingerprint density at radius 1 is 1.40 bits per heavy atom. The Bertz CT molecular complexity index is 473. The van der Waals surface area contributed by atoms with Crippen LogP contribution in [0.2, 0.25) is 0 Å². The summed E-state index contributed by atoms with van der Waals surface area (Å²) < 4.78 is 6.19. The highest BCUT2D eigenvalue weighted by atomic mass is 32.1. The Morgan fingerprint density at radius 3 is 3.07 bits per heavy atom. The molecule has 0 spiro atoms. The summed E-state index contributed by atoms with van der Waals surface area (Å²) in [5, 5.41) is 3.13. The van der Waals surface area contributed by atoms with Crippen molar-refractivity contribution in [2.45, 2.75) is 6.92 Å². The number of hydrogen-bond acceptors (Lipinski definition) is 3. The van der Waals surface area contributed by atoms with Gasteiger partial charge in [-0.2, -0.15) is 0 Å². The first kappa shape index (κ1) is 10.3. The predicted molar refractivity (Wildman–Crippen MR) is 62.6 cm³/mol. The summed E-state index contributed by atoms with van der Waals surface area (Å²) in [6.07, 6.45) is 0. The average molecular weight is 220 g/mol. The number of Topliss-reactive ketones (excluding diaryl/α,β-unsaturated/α-hetero) is 1. The summed E-state index contributed by atoms with van der Waals surface area (Å²) >= 11 is 1.60. The normalized spacial score (nSPS) is 10.7. The van der Waals surface area contributed by atoms with Gasteiger partial charge in [-0.15, -0.1) is 11.3 Å². The van der Waals surface area contributed by atoms with E-state index in [9.17, 15) is 4.79 Å². The van der Waals surface area contributed by atoms with Crippen LogP contribution in [0.4, 0.5) is 0 Å². The van der Waals surface area contributed by atoms with Crippen LogP contribution in [0.5, 0.6) is 0 Å². The fourth-order valence-corrected chi connectivity index (χ4v) is 2.42. The van der Waals surface area contributed by atoms with E-state index >= 15 is 0 Å². The number of carbonyl (C=O) groups is 1. The van der Waals surface area contributed by atoms with Crippen LogP contribution in [0.3, 0.4) is 0 Å². The van der Waals surface area contributed by atoms with Gasteiger partial charge >= 0.3 is 0 Å². The zero-order valence-corrected chi connectivity index (χ0v) is 9.34. The van der Waals surface area contributed by atoms with E-state index in [4.69, 9.17) is 4.74 Å². The largest absolute Gasteiger partial charge is 0.374 e. The lowest BCUT2D eigenvalue weighted by Crippen LogP contribution is -2.08. The van der Waals surface area contributed by atoms with Crippen LogP contribution < -0.4 is 0 Å². The highest BCUT2D eigenvalue weighted by Gasteiger charge is 2.10. The fraction of sp³-hybridized carbons (Fsp3) is 0.250. The van der Waals surface area contributed by atoms with Gasteiger partial charge < -0.3 is 4.74 Å². The molecule has 0 saturated heterocycles. The molecular formula is C12H12O2S. The molecule has 0 bridgehead atoms. The van der Waals surface area contributed by atoms with Gasteiger partial charge in [-0.25, -0.2) is 0 Å². The minimum atomic E-state index is 0.0601. The molecule has 0 unspecified atom stereocenters. The molecule has 0 radical (unpaired) electrons. The Kier molecular flexibility index (Phi) is 3.14. The highest BCUT2D eigenvalue weighted by molar-refractivity contribution is 7.17. The molecule has 1 aromatic heterocycles. The smallest absolute Gasteiger partial charge is 0.189 e. The molecule has 2 nitrogen and oxygen atoms in total. The third-order valence-corrected chi connectivity index (χ3v) is 3.18. The minimum absolute atomic E-state index is 0.0601. The van der Waals surface area contributed by atoms with Crippen molar-refractivity contribution in [2.75, 3.05) is 13.2 Å². The minimum Gasteiger partial charge on any atom is -0.374 e. The third kappa shape index (κ3) is 2.08. The number of thiophene rings is 1. The van der Waals surface area contributed by atoms with Crippen LogP contribution in [0, 0.1) is 0 Å². The van der Waals surface area contributed by atoms with Gasteiger partial charge in [0.1, 0.15) is 6.61 Å². The van der Waals surface area contributed by atoms with Crippen molar-refractivity contribution in [3.05, 3.63) is 35.2 Å².